The van der Waals surface area contributed by atoms with Gasteiger partial charge in [0.1, 0.15) is 5.76 Å². The highest BCUT2D eigenvalue weighted by Crippen LogP contribution is 2.22. The zero-order chi connectivity index (χ0) is 19.1. The van der Waals surface area contributed by atoms with Crippen molar-refractivity contribution in [1.82, 2.24) is 10.2 Å². The van der Waals surface area contributed by atoms with Gasteiger partial charge in [-0.05, 0) is 61.9 Å². The van der Waals surface area contributed by atoms with Gasteiger partial charge >= 0.3 is 6.03 Å². The molecule has 1 fully saturated rings. The van der Waals surface area contributed by atoms with Crippen LogP contribution in [0.25, 0.3) is 0 Å². The first kappa shape index (κ1) is 19.0. The van der Waals surface area contributed by atoms with Crippen LogP contribution in [0.15, 0.2) is 47.1 Å². The van der Waals surface area contributed by atoms with Crippen LogP contribution in [-0.2, 0) is 11.3 Å². The minimum Gasteiger partial charge on any atom is -0.467 e. The lowest BCUT2D eigenvalue weighted by molar-refractivity contribution is -0.121. The molecule has 2 N–H and O–H groups in total. The number of nitrogens with one attached hydrogen (secondary N) is 2. The Morgan fingerprint density at radius 1 is 1.26 bits per heavy atom. The molecule has 1 atom stereocenters. The van der Waals surface area contributed by atoms with Crippen LogP contribution in [0.5, 0.6) is 0 Å². The van der Waals surface area contributed by atoms with Gasteiger partial charge in [0, 0.05) is 25.2 Å². The maximum atomic E-state index is 12.5. The summed E-state index contributed by atoms with van der Waals surface area (Å²) in [5.74, 6) is 1.13. The third kappa shape index (κ3) is 5.88. The number of urea groups is 1. The molecule has 1 aliphatic heterocycles. The molecule has 3 amide bonds. The molecule has 0 bridgehead atoms. The summed E-state index contributed by atoms with van der Waals surface area (Å²) in [4.78, 5) is 26.4. The Bertz CT molecular complexity index is 758. The van der Waals surface area contributed by atoms with Gasteiger partial charge in [-0.25, -0.2) is 4.79 Å². The van der Waals surface area contributed by atoms with E-state index in [9.17, 15) is 9.59 Å². The summed E-state index contributed by atoms with van der Waals surface area (Å²) >= 11 is 0. The molecule has 1 aromatic heterocycles. The van der Waals surface area contributed by atoms with Crippen LogP contribution in [0.3, 0.4) is 0 Å². The predicted octanol–water partition coefficient (Wildman–Crippen LogP) is 3.93. The highest BCUT2D eigenvalue weighted by atomic mass is 16.3. The van der Waals surface area contributed by atoms with Crippen molar-refractivity contribution in [1.29, 1.82) is 0 Å². The molecule has 144 valence electrons. The fraction of sp³-hybridized carbons (Fsp3) is 0.429. The van der Waals surface area contributed by atoms with Crippen molar-refractivity contribution in [2.75, 3.05) is 18.4 Å². The van der Waals surface area contributed by atoms with Crippen LogP contribution in [0.4, 0.5) is 10.5 Å². The predicted molar refractivity (Wildman–Crippen MR) is 104 cm³/mol. The number of furan rings is 1. The minimum atomic E-state index is -0.0624. The summed E-state index contributed by atoms with van der Waals surface area (Å²) in [6.07, 6.45) is 4.89. The smallest absolute Gasteiger partial charge is 0.321 e. The number of benzene rings is 1. The van der Waals surface area contributed by atoms with Crippen molar-refractivity contribution < 1.29 is 14.0 Å². The van der Waals surface area contributed by atoms with Crippen LogP contribution < -0.4 is 10.6 Å². The number of amides is 3. The molecule has 6 heteroatoms. The van der Waals surface area contributed by atoms with E-state index in [1.807, 2.05) is 42.2 Å². The molecule has 2 heterocycles. The van der Waals surface area contributed by atoms with Gasteiger partial charge in [0.25, 0.3) is 0 Å². The SMILES string of the molecule is Cc1cccc(NC(=O)N2CCC[C@H](CCC(=O)NCc3ccco3)C2)c1. The average molecular weight is 369 g/mol. The molecule has 0 unspecified atom stereocenters. The van der Waals surface area contributed by atoms with Crippen LogP contribution in [-0.4, -0.2) is 29.9 Å². The third-order valence-electron chi connectivity index (χ3n) is 4.90. The van der Waals surface area contributed by atoms with E-state index in [1.165, 1.54) is 0 Å². The van der Waals surface area contributed by atoms with E-state index in [0.29, 0.717) is 25.4 Å². The molecule has 6 nitrogen and oxygen atoms in total. The molecule has 1 aromatic carbocycles. The van der Waals surface area contributed by atoms with Crippen molar-refractivity contribution in [2.24, 2.45) is 5.92 Å². The first-order valence-electron chi connectivity index (χ1n) is 9.52. The molecular formula is C21H27N3O3. The fourth-order valence-electron chi connectivity index (χ4n) is 3.43. The summed E-state index contributed by atoms with van der Waals surface area (Å²) in [6, 6.07) is 11.4. The summed E-state index contributed by atoms with van der Waals surface area (Å²) in [6.45, 7) is 3.88. The molecule has 3 rings (SSSR count). The van der Waals surface area contributed by atoms with E-state index < -0.39 is 0 Å². The monoisotopic (exact) mass is 369 g/mol. The van der Waals surface area contributed by atoms with Gasteiger partial charge < -0.3 is 20.0 Å². The van der Waals surface area contributed by atoms with Gasteiger partial charge in [-0.2, -0.15) is 0 Å². The van der Waals surface area contributed by atoms with Crippen molar-refractivity contribution in [3.8, 4) is 0 Å². The highest BCUT2D eigenvalue weighted by molar-refractivity contribution is 5.89. The van der Waals surface area contributed by atoms with Crippen LogP contribution in [0.1, 0.15) is 37.0 Å². The first-order valence-corrected chi connectivity index (χ1v) is 9.52. The van der Waals surface area contributed by atoms with Gasteiger partial charge in [-0.1, -0.05) is 12.1 Å². The minimum absolute atomic E-state index is 0.0211. The van der Waals surface area contributed by atoms with Crippen molar-refractivity contribution >= 4 is 17.6 Å². The van der Waals surface area contributed by atoms with E-state index >= 15 is 0 Å². The summed E-state index contributed by atoms with van der Waals surface area (Å²) < 4.78 is 5.21. The summed E-state index contributed by atoms with van der Waals surface area (Å²) in [5, 5.41) is 5.84. The number of hydrogen-bond acceptors (Lipinski definition) is 3. The van der Waals surface area contributed by atoms with Gasteiger partial charge in [-0.3, -0.25) is 4.79 Å². The molecule has 27 heavy (non-hydrogen) atoms. The Morgan fingerprint density at radius 2 is 2.15 bits per heavy atom. The molecular weight excluding hydrogens is 342 g/mol. The summed E-state index contributed by atoms with van der Waals surface area (Å²) in [7, 11) is 0. The number of piperidine rings is 1. The lowest BCUT2D eigenvalue weighted by Crippen LogP contribution is -2.42. The van der Waals surface area contributed by atoms with Gasteiger partial charge in [0.2, 0.25) is 5.91 Å². The van der Waals surface area contributed by atoms with E-state index in [0.717, 1.165) is 42.8 Å². The van der Waals surface area contributed by atoms with Crippen molar-refractivity contribution in [3.63, 3.8) is 0 Å². The summed E-state index contributed by atoms with van der Waals surface area (Å²) in [5.41, 5.74) is 1.93. The Labute approximate surface area is 159 Å². The molecule has 1 aliphatic rings. The molecule has 1 saturated heterocycles. The van der Waals surface area contributed by atoms with Crippen LogP contribution >= 0.6 is 0 Å². The van der Waals surface area contributed by atoms with E-state index in [-0.39, 0.29) is 11.9 Å². The maximum Gasteiger partial charge on any atom is 0.321 e. The Kier molecular flexibility index (Phi) is 6.52. The quantitative estimate of drug-likeness (QED) is 0.810. The Hall–Kier alpha value is -2.76. The maximum absolute atomic E-state index is 12.5. The molecule has 0 saturated carbocycles. The fourth-order valence-corrected chi connectivity index (χ4v) is 3.43. The largest absolute Gasteiger partial charge is 0.467 e. The lowest BCUT2D eigenvalue weighted by atomic mass is 9.93. The van der Waals surface area contributed by atoms with Crippen molar-refractivity contribution in [2.45, 2.75) is 39.2 Å². The van der Waals surface area contributed by atoms with Crippen molar-refractivity contribution in [3.05, 3.63) is 54.0 Å². The molecule has 0 aliphatic carbocycles. The van der Waals surface area contributed by atoms with Gasteiger partial charge in [0.05, 0.1) is 12.8 Å². The molecule has 0 spiro atoms. The topological polar surface area (TPSA) is 74.6 Å². The number of hydrogen-bond donors (Lipinski definition) is 2. The molecule has 2 aromatic rings. The van der Waals surface area contributed by atoms with Crippen LogP contribution in [0.2, 0.25) is 0 Å². The number of nitrogens with zero attached hydrogens (tertiary/aromatic N) is 1. The van der Waals surface area contributed by atoms with Gasteiger partial charge in [0.15, 0.2) is 0 Å². The third-order valence-corrected chi connectivity index (χ3v) is 4.90. The average Bonchev–Trinajstić information content (AvgIpc) is 3.18. The number of carbonyl (C=O) groups is 2. The second kappa shape index (κ2) is 9.26. The lowest BCUT2D eigenvalue weighted by Gasteiger charge is -2.32. The number of likely N-dealkylation sites (tertiary alicyclic amines) is 1. The Balaban J connectivity index is 1.41. The van der Waals surface area contributed by atoms with Gasteiger partial charge in [-0.15, -0.1) is 0 Å². The highest BCUT2D eigenvalue weighted by Gasteiger charge is 2.24. The number of anilines is 1. The van der Waals surface area contributed by atoms with E-state index in [4.69, 9.17) is 4.42 Å². The number of rotatable bonds is 6. The zero-order valence-corrected chi connectivity index (χ0v) is 15.7. The van der Waals surface area contributed by atoms with Crippen LogP contribution in [0, 0.1) is 12.8 Å². The number of carbonyl (C=O) groups excluding carboxylic acids is 2. The normalized spacial score (nSPS) is 16.8. The molecule has 0 radical (unpaired) electrons. The standard InChI is InChI=1S/C21H27N3O3/c1-16-5-2-7-18(13-16)23-21(26)24-11-3-6-17(15-24)9-10-20(25)22-14-19-8-4-12-27-19/h2,4-5,7-8,12-13,17H,3,6,9-11,14-15H2,1H3,(H,22,25)(H,23,26)/t17-/m1/s1. The van der Waals surface area contributed by atoms with E-state index in [1.54, 1.807) is 12.3 Å². The Morgan fingerprint density at radius 3 is 2.93 bits per heavy atom. The second-order valence-electron chi connectivity index (χ2n) is 7.15. The number of aryl methyl sites for hydroxylation is 1. The zero-order valence-electron chi connectivity index (χ0n) is 15.7. The van der Waals surface area contributed by atoms with E-state index in [2.05, 4.69) is 10.6 Å². The first-order chi connectivity index (χ1) is 13.1. The second-order valence-corrected chi connectivity index (χ2v) is 7.15.